The molecule has 0 aliphatic carbocycles. The lowest BCUT2D eigenvalue weighted by Gasteiger charge is -2.01. The van der Waals surface area contributed by atoms with Gasteiger partial charge in [-0.2, -0.15) is 0 Å². The molecule has 3 rings (SSSR count). The molecule has 1 aliphatic heterocycles. The molecule has 4 heteroatoms. The maximum Gasteiger partial charge on any atom is 0.363 e. The Hall–Kier alpha value is -2.75. The van der Waals surface area contributed by atoms with Crippen molar-refractivity contribution in [1.29, 1.82) is 0 Å². The molecule has 0 saturated carbocycles. The van der Waals surface area contributed by atoms with Gasteiger partial charge in [-0.3, -0.25) is 0 Å². The number of carbonyl (C=O) groups excluding carboxylic acids is 1. The Morgan fingerprint density at radius 3 is 2.68 bits per heavy atom. The van der Waals surface area contributed by atoms with Crippen molar-refractivity contribution in [2.24, 2.45) is 4.99 Å². The molecule has 0 unspecified atom stereocenters. The van der Waals surface area contributed by atoms with Crippen molar-refractivity contribution in [3.63, 3.8) is 0 Å². The summed E-state index contributed by atoms with van der Waals surface area (Å²) in [6, 6.07) is 12.0. The molecule has 3 nitrogen and oxygen atoms in total. The van der Waals surface area contributed by atoms with E-state index >= 15 is 0 Å². The third-order valence-electron chi connectivity index (χ3n) is 3.45. The van der Waals surface area contributed by atoms with Gasteiger partial charge in [0.1, 0.15) is 5.82 Å². The third kappa shape index (κ3) is 2.68. The fourth-order valence-electron chi connectivity index (χ4n) is 2.22. The molecule has 0 saturated heterocycles. The summed E-state index contributed by atoms with van der Waals surface area (Å²) in [4.78, 5) is 16.1. The van der Waals surface area contributed by atoms with E-state index in [1.54, 1.807) is 18.2 Å². The van der Waals surface area contributed by atoms with Gasteiger partial charge in [0.25, 0.3) is 0 Å². The highest BCUT2D eigenvalue weighted by Crippen LogP contribution is 2.22. The number of rotatable bonds is 2. The van der Waals surface area contributed by atoms with Gasteiger partial charge in [0.05, 0.1) is 5.56 Å². The Labute approximate surface area is 127 Å². The van der Waals surface area contributed by atoms with Crippen LogP contribution in [0.2, 0.25) is 0 Å². The van der Waals surface area contributed by atoms with Gasteiger partial charge in [-0.1, -0.05) is 35.9 Å². The summed E-state index contributed by atoms with van der Waals surface area (Å²) < 4.78 is 18.8. The van der Waals surface area contributed by atoms with Crippen LogP contribution in [-0.2, 0) is 9.53 Å². The number of aryl methyl sites for hydroxylation is 2. The maximum atomic E-state index is 13.7. The molecule has 1 heterocycles. The van der Waals surface area contributed by atoms with Crippen molar-refractivity contribution in [3.8, 4) is 0 Å². The zero-order chi connectivity index (χ0) is 15.7. The number of carbonyl (C=O) groups is 1. The fraction of sp³-hybridized carbons (Fsp3) is 0.111. The minimum absolute atomic E-state index is 0.000318. The zero-order valence-electron chi connectivity index (χ0n) is 12.3. The molecule has 0 fully saturated rings. The summed E-state index contributed by atoms with van der Waals surface area (Å²) in [6.45, 7) is 3.93. The van der Waals surface area contributed by atoms with E-state index in [1.807, 2.05) is 32.0 Å². The number of hydrogen-bond acceptors (Lipinski definition) is 3. The fourth-order valence-corrected chi connectivity index (χ4v) is 2.22. The van der Waals surface area contributed by atoms with Crippen molar-refractivity contribution >= 4 is 17.9 Å². The number of nitrogens with zero attached hydrogens (tertiary/aromatic N) is 1. The molecule has 0 radical (unpaired) electrons. The third-order valence-corrected chi connectivity index (χ3v) is 3.45. The molecule has 2 aromatic carbocycles. The highest BCUT2D eigenvalue weighted by Gasteiger charge is 2.25. The van der Waals surface area contributed by atoms with E-state index in [0.717, 1.165) is 16.7 Å². The van der Waals surface area contributed by atoms with Gasteiger partial charge in [0, 0.05) is 0 Å². The first-order chi connectivity index (χ1) is 10.5. The molecule has 0 bridgehead atoms. The highest BCUT2D eigenvalue weighted by atomic mass is 19.1. The van der Waals surface area contributed by atoms with Crippen LogP contribution in [0.15, 0.2) is 53.2 Å². The average molecular weight is 295 g/mol. The second-order valence-corrected chi connectivity index (χ2v) is 5.18. The maximum absolute atomic E-state index is 13.7. The normalized spacial score (nSPS) is 15.9. The summed E-state index contributed by atoms with van der Waals surface area (Å²) in [6.07, 6.45) is 1.67. The van der Waals surface area contributed by atoms with Gasteiger partial charge >= 0.3 is 5.97 Å². The number of cyclic esters (lactones) is 1. The van der Waals surface area contributed by atoms with Crippen LogP contribution in [-0.4, -0.2) is 11.9 Å². The summed E-state index contributed by atoms with van der Waals surface area (Å²) in [7, 11) is 0. The van der Waals surface area contributed by atoms with Gasteiger partial charge in [-0.15, -0.1) is 0 Å². The van der Waals surface area contributed by atoms with Crippen molar-refractivity contribution in [3.05, 3.63) is 76.2 Å². The summed E-state index contributed by atoms with van der Waals surface area (Å²) >= 11 is 0. The van der Waals surface area contributed by atoms with Crippen LogP contribution >= 0.6 is 0 Å². The van der Waals surface area contributed by atoms with Crippen LogP contribution < -0.4 is 0 Å². The van der Waals surface area contributed by atoms with E-state index in [-0.39, 0.29) is 17.2 Å². The Morgan fingerprint density at radius 1 is 1.14 bits per heavy atom. The van der Waals surface area contributed by atoms with Crippen LogP contribution in [0, 0.1) is 19.7 Å². The van der Waals surface area contributed by atoms with Gasteiger partial charge < -0.3 is 4.74 Å². The monoisotopic (exact) mass is 295 g/mol. The van der Waals surface area contributed by atoms with Crippen LogP contribution in [0.1, 0.15) is 22.3 Å². The lowest BCUT2D eigenvalue weighted by Crippen LogP contribution is -2.07. The van der Waals surface area contributed by atoms with Crippen molar-refractivity contribution in [1.82, 2.24) is 0 Å². The molecule has 22 heavy (non-hydrogen) atoms. The largest absolute Gasteiger partial charge is 0.402 e. The summed E-state index contributed by atoms with van der Waals surface area (Å²) in [5, 5.41) is 0. The van der Waals surface area contributed by atoms with Crippen molar-refractivity contribution in [2.45, 2.75) is 13.8 Å². The zero-order valence-corrected chi connectivity index (χ0v) is 12.3. The van der Waals surface area contributed by atoms with Crippen LogP contribution in [0.5, 0.6) is 0 Å². The van der Waals surface area contributed by atoms with E-state index in [4.69, 9.17) is 4.74 Å². The Kier molecular flexibility index (Phi) is 3.59. The van der Waals surface area contributed by atoms with Crippen LogP contribution in [0.3, 0.4) is 0 Å². The Bertz CT molecular complexity index is 822. The molecule has 0 N–H and O–H groups in total. The molecular formula is C18H14FNO2. The Balaban J connectivity index is 2.02. The lowest BCUT2D eigenvalue weighted by atomic mass is 10.0. The van der Waals surface area contributed by atoms with E-state index in [1.165, 1.54) is 12.1 Å². The second kappa shape index (κ2) is 5.56. The van der Waals surface area contributed by atoms with E-state index in [2.05, 4.69) is 4.99 Å². The van der Waals surface area contributed by atoms with Crippen molar-refractivity contribution in [2.75, 3.05) is 0 Å². The second-order valence-electron chi connectivity index (χ2n) is 5.18. The number of ether oxygens (including phenoxy) is 1. The number of aliphatic imine (C=N–C) groups is 1. The first kappa shape index (κ1) is 14.2. The number of hydrogen-bond donors (Lipinski definition) is 0. The first-order valence-electron chi connectivity index (χ1n) is 6.89. The predicted octanol–water partition coefficient (Wildman–Crippen LogP) is 3.79. The molecule has 2 aromatic rings. The first-order valence-corrected chi connectivity index (χ1v) is 6.89. The van der Waals surface area contributed by atoms with Gasteiger partial charge in [-0.05, 0) is 43.2 Å². The van der Waals surface area contributed by atoms with E-state index < -0.39 is 11.8 Å². The predicted molar refractivity (Wildman–Crippen MR) is 82.9 cm³/mol. The van der Waals surface area contributed by atoms with E-state index in [0.29, 0.717) is 0 Å². The number of esters is 1. The van der Waals surface area contributed by atoms with Gasteiger partial charge in [0.15, 0.2) is 5.70 Å². The summed E-state index contributed by atoms with van der Waals surface area (Å²) in [5.74, 6) is -1.04. The highest BCUT2D eigenvalue weighted by molar-refractivity contribution is 6.13. The molecule has 1 aliphatic rings. The van der Waals surface area contributed by atoms with Gasteiger partial charge in [0.2, 0.25) is 5.90 Å². The topological polar surface area (TPSA) is 38.7 Å². The number of halogens is 1. The number of benzene rings is 2. The lowest BCUT2D eigenvalue weighted by molar-refractivity contribution is -0.129. The quantitative estimate of drug-likeness (QED) is 0.624. The molecule has 110 valence electrons. The van der Waals surface area contributed by atoms with Gasteiger partial charge in [-0.25, -0.2) is 14.2 Å². The average Bonchev–Trinajstić information content (AvgIpc) is 2.84. The molecule has 0 aromatic heterocycles. The molecule has 0 atom stereocenters. The SMILES string of the molecule is Cc1ccc(C)c(/C=C2/N=C(c3ccccc3F)OC2=O)c1. The van der Waals surface area contributed by atoms with Crippen LogP contribution in [0.25, 0.3) is 6.08 Å². The summed E-state index contributed by atoms with van der Waals surface area (Å²) in [5.41, 5.74) is 3.36. The molecule has 0 spiro atoms. The molecule has 0 amide bonds. The minimum Gasteiger partial charge on any atom is -0.402 e. The van der Waals surface area contributed by atoms with Crippen molar-refractivity contribution < 1.29 is 13.9 Å². The smallest absolute Gasteiger partial charge is 0.363 e. The molecular weight excluding hydrogens is 281 g/mol. The van der Waals surface area contributed by atoms with Crippen LogP contribution in [0.4, 0.5) is 4.39 Å². The standard InChI is InChI=1S/C18H14FNO2/c1-11-7-8-12(2)13(9-11)10-16-18(21)22-17(20-16)14-5-3-4-6-15(14)19/h3-10H,1-2H3/b16-10+. The van der Waals surface area contributed by atoms with E-state index in [9.17, 15) is 9.18 Å². The minimum atomic E-state index is -0.570. The Morgan fingerprint density at radius 2 is 1.91 bits per heavy atom.